The van der Waals surface area contributed by atoms with Gasteiger partial charge in [0.05, 0.1) is 0 Å². The summed E-state index contributed by atoms with van der Waals surface area (Å²) in [4.78, 5) is 13.8. The second kappa shape index (κ2) is 7.52. The molecule has 1 aromatic rings. The highest BCUT2D eigenvalue weighted by Gasteiger charge is 2.31. The molecule has 0 atom stereocenters. The van der Waals surface area contributed by atoms with E-state index in [0.29, 0.717) is 18.7 Å². The largest absolute Gasteiger partial charge is 0.573 e. The second-order valence-corrected chi connectivity index (χ2v) is 4.79. The Morgan fingerprint density at radius 2 is 1.90 bits per heavy atom. The number of hydrogen-bond donors (Lipinski definition) is 0. The lowest BCUT2D eigenvalue weighted by Crippen LogP contribution is -2.31. The van der Waals surface area contributed by atoms with Crippen molar-refractivity contribution >= 4 is 21.8 Å². The number of benzene rings is 1. The van der Waals surface area contributed by atoms with Crippen LogP contribution in [-0.4, -0.2) is 35.6 Å². The SMILES string of the molecule is CCN(CCCBr)C(=O)c1ccc(OC(F)(F)F)cc1. The lowest BCUT2D eigenvalue weighted by atomic mass is 10.2. The van der Waals surface area contributed by atoms with Gasteiger partial charge >= 0.3 is 6.36 Å². The molecule has 0 aliphatic carbocycles. The van der Waals surface area contributed by atoms with E-state index in [1.807, 2.05) is 6.92 Å². The van der Waals surface area contributed by atoms with Gasteiger partial charge in [-0.05, 0) is 37.6 Å². The number of carbonyl (C=O) groups is 1. The molecule has 1 aromatic carbocycles. The number of halogens is 4. The Balaban J connectivity index is 2.74. The highest BCUT2D eigenvalue weighted by atomic mass is 79.9. The standard InChI is InChI=1S/C13H15BrF3NO2/c1-2-18(9-3-8-14)12(19)10-4-6-11(7-5-10)20-13(15,16)17/h4-7H,2-3,8-9H2,1H3. The van der Waals surface area contributed by atoms with Crippen molar-refractivity contribution in [3.63, 3.8) is 0 Å². The quantitative estimate of drug-likeness (QED) is 0.727. The molecule has 0 aliphatic heterocycles. The molecule has 3 nitrogen and oxygen atoms in total. The van der Waals surface area contributed by atoms with Gasteiger partial charge < -0.3 is 9.64 Å². The predicted octanol–water partition coefficient (Wildman–Crippen LogP) is 3.83. The summed E-state index contributed by atoms with van der Waals surface area (Å²) < 4.78 is 39.8. The molecule has 20 heavy (non-hydrogen) atoms. The van der Waals surface area contributed by atoms with Crippen molar-refractivity contribution in [2.45, 2.75) is 19.7 Å². The van der Waals surface area contributed by atoms with Gasteiger partial charge in [0.15, 0.2) is 0 Å². The molecule has 0 fully saturated rings. The van der Waals surface area contributed by atoms with Crippen LogP contribution in [0.25, 0.3) is 0 Å². The Kier molecular flexibility index (Phi) is 6.32. The van der Waals surface area contributed by atoms with Gasteiger partial charge in [0, 0.05) is 24.0 Å². The van der Waals surface area contributed by atoms with Crippen LogP contribution in [0.3, 0.4) is 0 Å². The van der Waals surface area contributed by atoms with E-state index in [0.717, 1.165) is 23.9 Å². The van der Waals surface area contributed by atoms with E-state index < -0.39 is 6.36 Å². The molecule has 0 heterocycles. The molecule has 0 aromatic heterocycles. The summed E-state index contributed by atoms with van der Waals surface area (Å²) in [6.45, 7) is 3.00. The predicted molar refractivity (Wildman–Crippen MR) is 73.1 cm³/mol. The van der Waals surface area contributed by atoms with Crippen molar-refractivity contribution in [3.05, 3.63) is 29.8 Å². The van der Waals surface area contributed by atoms with Crippen molar-refractivity contribution in [3.8, 4) is 5.75 Å². The van der Waals surface area contributed by atoms with E-state index in [4.69, 9.17) is 0 Å². The third-order valence-corrected chi connectivity index (χ3v) is 3.13. The van der Waals surface area contributed by atoms with Gasteiger partial charge in [0.2, 0.25) is 0 Å². The van der Waals surface area contributed by atoms with Crippen molar-refractivity contribution in [1.82, 2.24) is 4.90 Å². The highest BCUT2D eigenvalue weighted by Crippen LogP contribution is 2.23. The number of ether oxygens (including phenoxy) is 1. The van der Waals surface area contributed by atoms with Crippen LogP contribution in [-0.2, 0) is 0 Å². The molecule has 0 spiro atoms. The molecule has 0 aliphatic rings. The molecule has 0 bridgehead atoms. The fourth-order valence-electron chi connectivity index (χ4n) is 1.64. The third-order valence-electron chi connectivity index (χ3n) is 2.57. The first-order chi connectivity index (χ1) is 9.37. The third kappa shape index (κ3) is 5.40. The molecule has 0 N–H and O–H groups in total. The number of nitrogens with zero attached hydrogens (tertiary/aromatic N) is 1. The number of amides is 1. The van der Waals surface area contributed by atoms with Crippen LogP contribution in [0.2, 0.25) is 0 Å². The van der Waals surface area contributed by atoms with Crippen LogP contribution in [0.5, 0.6) is 5.75 Å². The fraction of sp³-hybridized carbons (Fsp3) is 0.462. The fourth-order valence-corrected chi connectivity index (χ4v) is 1.89. The molecule has 112 valence electrons. The molecule has 0 radical (unpaired) electrons. The minimum atomic E-state index is -4.73. The zero-order valence-corrected chi connectivity index (χ0v) is 12.5. The average molecular weight is 354 g/mol. The number of carbonyl (C=O) groups excluding carboxylic acids is 1. The first-order valence-corrected chi connectivity index (χ1v) is 7.20. The smallest absolute Gasteiger partial charge is 0.406 e. The summed E-state index contributed by atoms with van der Waals surface area (Å²) in [5.41, 5.74) is 0.343. The monoisotopic (exact) mass is 353 g/mol. The zero-order valence-electron chi connectivity index (χ0n) is 10.9. The Morgan fingerprint density at radius 1 is 1.30 bits per heavy atom. The maximum Gasteiger partial charge on any atom is 0.573 e. The van der Waals surface area contributed by atoms with Crippen LogP contribution in [0.4, 0.5) is 13.2 Å². The van der Waals surface area contributed by atoms with Gasteiger partial charge in [-0.2, -0.15) is 0 Å². The summed E-state index contributed by atoms with van der Waals surface area (Å²) in [5.74, 6) is -0.537. The van der Waals surface area contributed by atoms with Gasteiger partial charge in [-0.15, -0.1) is 13.2 Å². The molecular weight excluding hydrogens is 339 g/mol. The maximum absolute atomic E-state index is 12.1. The van der Waals surface area contributed by atoms with E-state index in [2.05, 4.69) is 20.7 Å². The van der Waals surface area contributed by atoms with Crippen molar-refractivity contribution in [2.75, 3.05) is 18.4 Å². The minimum Gasteiger partial charge on any atom is -0.406 e. The summed E-state index contributed by atoms with van der Waals surface area (Å²) in [7, 11) is 0. The Hall–Kier alpha value is -1.24. The summed E-state index contributed by atoms with van der Waals surface area (Å²) in [6, 6.07) is 4.94. The number of hydrogen-bond acceptors (Lipinski definition) is 2. The molecule has 0 saturated heterocycles. The zero-order chi connectivity index (χ0) is 15.2. The van der Waals surface area contributed by atoms with E-state index in [1.54, 1.807) is 4.90 Å². The number of alkyl halides is 4. The summed E-state index contributed by atoms with van der Waals surface area (Å²) in [6.07, 6.45) is -3.91. The average Bonchev–Trinajstić information content (AvgIpc) is 2.38. The van der Waals surface area contributed by atoms with Gasteiger partial charge in [0.25, 0.3) is 5.91 Å². The van der Waals surface area contributed by atoms with Crippen molar-refractivity contribution in [2.24, 2.45) is 0 Å². The molecule has 0 saturated carbocycles. The topological polar surface area (TPSA) is 29.5 Å². The Bertz CT molecular complexity index is 434. The van der Waals surface area contributed by atoms with E-state index in [9.17, 15) is 18.0 Å². The van der Waals surface area contributed by atoms with Crippen LogP contribution >= 0.6 is 15.9 Å². The molecule has 7 heteroatoms. The van der Waals surface area contributed by atoms with Crippen LogP contribution in [0.15, 0.2) is 24.3 Å². The molecule has 0 unspecified atom stereocenters. The van der Waals surface area contributed by atoms with E-state index >= 15 is 0 Å². The summed E-state index contributed by atoms with van der Waals surface area (Å²) >= 11 is 3.29. The lowest BCUT2D eigenvalue weighted by Gasteiger charge is -2.20. The molecule has 1 amide bonds. The van der Waals surface area contributed by atoms with E-state index in [1.165, 1.54) is 12.1 Å². The van der Waals surface area contributed by atoms with Gasteiger partial charge in [0.1, 0.15) is 5.75 Å². The van der Waals surface area contributed by atoms with Crippen molar-refractivity contribution in [1.29, 1.82) is 0 Å². The Labute approximate surface area is 123 Å². The van der Waals surface area contributed by atoms with E-state index in [-0.39, 0.29) is 11.7 Å². The van der Waals surface area contributed by atoms with Crippen LogP contribution < -0.4 is 4.74 Å². The highest BCUT2D eigenvalue weighted by molar-refractivity contribution is 9.09. The Morgan fingerprint density at radius 3 is 2.35 bits per heavy atom. The normalized spacial score (nSPS) is 11.2. The minimum absolute atomic E-state index is 0.202. The van der Waals surface area contributed by atoms with Crippen LogP contribution in [0, 0.1) is 0 Å². The second-order valence-electron chi connectivity index (χ2n) is 4.00. The number of rotatable bonds is 6. The first-order valence-electron chi connectivity index (χ1n) is 6.08. The van der Waals surface area contributed by atoms with Gasteiger partial charge in [-0.1, -0.05) is 15.9 Å². The lowest BCUT2D eigenvalue weighted by molar-refractivity contribution is -0.274. The van der Waals surface area contributed by atoms with Crippen LogP contribution in [0.1, 0.15) is 23.7 Å². The molecule has 1 rings (SSSR count). The van der Waals surface area contributed by atoms with Gasteiger partial charge in [-0.25, -0.2) is 0 Å². The van der Waals surface area contributed by atoms with Gasteiger partial charge in [-0.3, -0.25) is 4.79 Å². The molecular formula is C13H15BrF3NO2. The summed E-state index contributed by atoms with van der Waals surface area (Å²) in [5, 5.41) is 0.787. The van der Waals surface area contributed by atoms with Crippen molar-refractivity contribution < 1.29 is 22.7 Å². The first kappa shape index (κ1) is 16.8. The maximum atomic E-state index is 12.1.